The highest BCUT2D eigenvalue weighted by atomic mass is 35.5. The second-order valence-electron chi connectivity index (χ2n) is 3.39. The van der Waals surface area contributed by atoms with Gasteiger partial charge in [-0.2, -0.15) is 0 Å². The van der Waals surface area contributed by atoms with E-state index in [0.717, 1.165) is 10.2 Å². The average Bonchev–Trinajstić information content (AvgIpc) is 2.72. The van der Waals surface area contributed by atoms with Crippen molar-refractivity contribution >= 4 is 49.9 Å². The van der Waals surface area contributed by atoms with Gasteiger partial charge in [-0.05, 0) is 0 Å². The molecule has 0 bridgehead atoms. The summed E-state index contributed by atoms with van der Waals surface area (Å²) in [6.45, 7) is 0.822. The van der Waals surface area contributed by atoms with Crippen molar-refractivity contribution in [2.75, 3.05) is 30.7 Å². The average molecular weight is 307 g/mol. The van der Waals surface area contributed by atoms with E-state index >= 15 is 0 Å². The topological polar surface area (TPSA) is 57.4 Å². The van der Waals surface area contributed by atoms with E-state index in [1.54, 1.807) is 6.07 Å². The molecule has 0 saturated heterocycles. The Morgan fingerprint density at radius 1 is 1.11 bits per heavy atom. The lowest BCUT2D eigenvalue weighted by Gasteiger charge is -2.11. The minimum absolute atomic E-state index is 0.407. The number of nitrogens with zero attached hydrogens (tertiary/aromatic N) is 1. The van der Waals surface area contributed by atoms with Gasteiger partial charge in [-0.1, -0.05) is 11.3 Å². The van der Waals surface area contributed by atoms with Crippen molar-refractivity contribution < 1.29 is 9.47 Å². The molecule has 0 aliphatic carbocycles. The van der Waals surface area contributed by atoms with Gasteiger partial charge in [-0.15, -0.1) is 23.2 Å². The van der Waals surface area contributed by atoms with E-state index in [1.165, 1.54) is 11.3 Å². The quantitative estimate of drug-likeness (QED) is 0.833. The molecule has 1 heterocycles. The molecule has 7 heteroatoms. The maximum Gasteiger partial charge on any atom is 0.181 e. The van der Waals surface area contributed by atoms with Crippen molar-refractivity contribution in [3.8, 4) is 11.5 Å². The summed E-state index contributed by atoms with van der Waals surface area (Å²) in [6.07, 6.45) is 0. The maximum atomic E-state index is 5.67. The van der Waals surface area contributed by atoms with Crippen molar-refractivity contribution in [1.82, 2.24) is 4.98 Å². The summed E-state index contributed by atoms with van der Waals surface area (Å²) in [5.74, 6) is 2.07. The fraction of sp³-hybridized carbons (Fsp3) is 0.364. The van der Waals surface area contributed by atoms with Crippen molar-refractivity contribution in [2.24, 2.45) is 0 Å². The number of alkyl halides is 2. The zero-order valence-corrected chi connectivity index (χ0v) is 11.8. The number of rotatable bonds is 6. The van der Waals surface area contributed by atoms with Crippen LogP contribution in [0, 0.1) is 0 Å². The van der Waals surface area contributed by atoms with Gasteiger partial charge in [-0.25, -0.2) is 4.98 Å². The molecule has 0 aliphatic rings. The Morgan fingerprint density at radius 3 is 2.33 bits per heavy atom. The van der Waals surface area contributed by atoms with Crippen LogP contribution in [0.3, 0.4) is 0 Å². The maximum absolute atomic E-state index is 5.67. The molecule has 2 aromatic rings. The van der Waals surface area contributed by atoms with Gasteiger partial charge in [0.2, 0.25) is 0 Å². The minimum Gasteiger partial charge on any atom is -0.488 e. The summed E-state index contributed by atoms with van der Waals surface area (Å²) in [5, 5.41) is 0.516. The molecule has 2 rings (SSSR count). The van der Waals surface area contributed by atoms with Crippen molar-refractivity contribution in [3.63, 3.8) is 0 Å². The molecule has 0 amide bonds. The highest BCUT2D eigenvalue weighted by Gasteiger charge is 2.11. The standard InChI is InChI=1S/C11H12Cl2N2O2S/c12-1-3-16-8-5-7-10(18-11(14)15-7)6-9(8)17-4-2-13/h5-6H,1-4H2,(H2,14,15). The van der Waals surface area contributed by atoms with E-state index in [1.807, 2.05) is 6.07 Å². The van der Waals surface area contributed by atoms with Crippen LogP contribution in [0.5, 0.6) is 11.5 Å². The number of aromatic nitrogens is 1. The van der Waals surface area contributed by atoms with E-state index < -0.39 is 0 Å². The van der Waals surface area contributed by atoms with Gasteiger partial charge in [0.1, 0.15) is 13.2 Å². The zero-order chi connectivity index (χ0) is 13.0. The van der Waals surface area contributed by atoms with E-state index in [2.05, 4.69) is 4.98 Å². The second-order valence-corrected chi connectivity index (χ2v) is 5.21. The fourth-order valence-corrected chi connectivity index (χ4v) is 2.38. The number of ether oxygens (including phenoxy) is 2. The van der Waals surface area contributed by atoms with Gasteiger partial charge in [-0.3, -0.25) is 0 Å². The van der Waals surface area contributed by atoms with E-state index in [9.17, 15) is 0 Å². The third-order valence-electron chi connectivity index (χ3n) is 2.14. The number of halogens is 2. The number of anilines is 1. The van der Waals surface area contributed by atoms with Gasteiger partial charge in [0.05, 0.1) is 22.0 Å². The first-order chi connectivity index (χ1) is 8.74. The van der Waals surface area contributed by atoms with Crippen LogP contribution >= 0.6 is 34.5 Å². The molecule has 4 nitrogen and oxygen atoms in total. The van der Waals surface area contributed by atoms with Crippen LogP contribution in [0.2, 0.25) is 0 Å². The smallest absolute Gasteiger partial charge is 0.181 e. The Balaban J connectivity index is 2.35. The highest BCUT2D eigenvalue weighted by molar-refractivity contribution is 7.22. The Bertz CT molecular complexity index is 488. The number of benzene rings is 1. The molecule has 2 N–H and O–H groups in total. The molecule has 98 valence electrons. The lowest BCUT2D eigenvalue weighted by Crippen LogP contribution is -2.03. The number of hydrogen-bond donors (Lipinski definition) is 1. The molecule has 0 unspecified atom stereocenters. The molecule has 0 atom stereocenters. The third-order valence-corrected chi connectivity index (χ3v) is 3.30. The summed E-state index contributed by atoms with van der Waals surface area (Å²) >= 11 is 12.6. The van der Waals surface area contributed by atoms with Gasteiger partial charge in [0.15, 0.2) is 16.6 Å². The normalized spacial score (nSPS) is 10.8. The number of thiazole rings is 1. The molecule has 1 aromatic heterocycles. The SMILES string of the molecule is Nc1nc2cc(OCCCl)c(OCCCl)cc2s1. The van der Waals surface area contributed by atoms with Crippen molar-refractivity contribution in [3.05, 3.63) is 12.1 Å². The lowest BCUT2D eigenvalue weighted by atomic mass is 10.3. The van der Waals surface area contributed by atoms with Crippen molar-refractivity contribution in [2.45, 2.75) is 0 Å². The van der Waals surface area contributed by atoms with Crippen LogP contribution in [-0.2, 0) is 0 Å². The van der Waals surface area contributed by atoms with Crippen LogP contribution in [0.4, 0.5) is 5.13 Å². The number of fused-ring (bicyclic) bond motifs is 1. The largest absolute Gasteiger partial charge is 0.488 e. The fourth-order valence-electron chi connectivity index (χ4n) is 1.48. The summed E-state index contributed by atoms with van der Waals surface area (Å²) in [6, 6.07) is 3.66. The third kappa shape index (κ3) is 3.10. The Kier molecular flexibility index (Phi) is 4.74. The Labute approximate surface area is 119 Å². The molecule has 18 heavy (non-hydrogen) atoms. The molecule has 0 radical (unpaired) electrons. The first-order valence-electron chi connectivity index (χ1n) is 5.32. The monoisotopic (exact) mass is 306 g/mol. The Hall–Kier alpha value is -0.910. The van der Waals surface area contributed by atoms with Crippen LogP contribution in [0.15, 0.2) is 12.1 Å². The van der Waals surface area contributed by atoms with Gasteiger partial charge in [0.25, 0.3) is 0 Å². The highest BCUT2D eigenvalue weighted by Crippen LogP contribution is 2.35. The molecule has 0 spiro atoms. The van der Waals surface area contributed by atoms with Crippen LogP contribution < -0.4 is 15.2 Å². The Morgan fingerprint density at radius 2 is 1.72 bits per heavy atom. The van der Waals surface area contributed by atoms with E-state index in [4.69, 9.17) is 38.4 Å². The van der Waals surface area contributed by atoms with Gasteiger partial charge in [0, 0.05) is 12.1 Å². The predicted molar refractivity (Wildman–Crippen MR) is 76.5 cm³/mol. The second kappa shape index (κ2) is 6.31. The molecule has 0 saturated carbocycles. The summed E-state index contributed by atoms with van der Waals surface area (Å²) < 4.78 is 12.0. The molecule has 0 aliphatic heterocycles. The zero-order valence-electron chi connectivity index (χ0n) is 9.49. The predicted octanol–water partition coefficient (Wildman–Crippen LogP) is 3.11. The van der Waals surface area contributed by atoms with E-state index in [0.29, 0.717) is 41.6 Å². The molecular formula is C11H12Cl2N2O2S. The van der Waals surface area contributed by atoms with Crippen LogP contribution in [0.1, 0.15) is 0 Å². The van der Waals surface area contributed by atoms with Crippen LogP contribution in [-0.4, -0.2) is 30.0 Å². The summed E-state index contributed by atoms with van der Waals surface area (Å²) in [4.78, 5) is 4.20. The van der Waals surface area contributed by atoms with Crippen molar-refractivity contribution in [1.29, 1.82) is 0 Å². The summed E-state index contributed by atoms with van der Waals surface area (Å²) in [5.41, 5.74) is 6.47. The first-order valence-corrected chi connectivity index (χ1v) is 7.20. The summed E-state index contributed by atoms with van der Waals surface area (Å²) in [7, 11) is 0. The minimum atomic E-state index is 0.407. The number of nitrogens with two attached hydrogens (primary N) is 1. The van der Waals surface area contributed by atoms with Crippen LogP contribution in [0.25, 0.3) is 10.2 Å². The number of hydrogen-bond acceptors (Lipinski definition) is 5. The van der Waals surface area contributed by atoms with Gasteiger partial charge < -0.3 is 15.2 Å². The molecule has 0 fully saturated rings. The first kappa shape index (κ1) is 13.5. The lowest BCUT2D eigenvalue weighted by molar-refractivity contribution is 0.291. The van der Waals surface area contributed by atoms with E-state index in [-0.39, 0.29) is 0 Å². The number of nitrogen functional groups attached to an aromatic ring is 1. The molecule has 1 aromatic carbocycles. The molecular weight excluding hydrogens is 295 g/mol. The van der Waals surface area contributed by atoms with Gasteiger partial charge >= 0.3 is 0 Å².